The number of rotatable bonds is 4. The van der Waals surface area contributed by atoms with Gasteiger partial charge in [-0.3, -0.25) is 4.79 Å². The number of carbonyl (C=O) groups is 1. The lowest BCUT2D eigenvalue weighted by Gasteiger charge is -2.26. The fraction of sp³-hybridized carbons (Fsp3) is 0.438. The maximum Gasteiger partial charge on any atom is 0.229 e. The minimum Gasteiger partial charge on any atom is -0.497 e. The van der Waals surface area contributed by atoms with Gasteiger partial charge >= 0.3 is 0 Å². The van der Waals surface area contributed by atoms with Crippen LogP contribution in [-0.2, 0) is 4.79 Å². The van der Waals surface area contributed by atoms with Gasteiger partial charge in [-0.05, 0) is 38.4 Å². The molecule has 0 bridgehead atoms. The number of hydrogen-bond donors (Lipinski definition) is 2. The van der Waals surface area contributed by atoms with Crippen molar-refractivity contribution in [1.29, 1.82) is 0 Å². The summed E-state index contributed by atoms with van der Waals surface area (Å²) in [6.45, 7) is 2.98. The second-order valence-corrected chi connectivity index (χ2v) is 6.47. The zero-order chi connectivity index (χ0) is 16.2. The van der Waals surface area contributed by atoms with Gasteiger partial charge in [0.25, 0.3) is 0 Å². The highest BCUT2D eigenvalue weighted by atomic mass is 32.1. The number of ether oxygens (including phenoxy) is 1. The van der Waals surface area contributed by atoms with Crippen LogP contribution < -0.4 is 15.4 Å². The molecule has 23 heavy (non-hydrogen) atoms. The first-order chi connectivity index (χ1) is 11.2. The van der Waals surface area contributed by atoms with Gasteiger partial charge in [0.2, 0.25) is 11.0 Å². The van der Waals surface area contributed by atoms with Crippen LogP contribution in [0.4, 0.5) is 5.13 Å². The van der Waals surface area contributed by atoms with E-state index in [0.717, 1.165) is 30.7 Å². The van der Waals surface area contributed by atoms with E-state index < -0.39 is 0 Å². The van der Waals surface area contributed by atoms with Gasteiger partial charge in [-0.15, -0.1) is 0 Å². The normalized spacial score (nSPS) is 21.0. The molecule has 7 heteroatoms. The smallest absolute Gasteiger partial charge is 0.229 e. The minimum atomic E-state index is 0.0340. The van der Waals surface area contributed by atoms with Gasteiger partial charge in [-0.25, -0.2) is 0 Å². The van der Waals surface area contributed by atoms with Crippen LogP contribution in [0.2, 0.25) is 0 Å². The van der Waals surface area contributed by atoms with E-state index in [-0.39, 0.29) is 11.8 Å². The molecule has 122 valence electrons. The minimum absolute atomic E-state index is 0.0340. The van der Waals surface area contributed by atoms with Crippen molar-refractivity contribution in [3.63, 3.8) is 0 Å². The summed E-state index contributed by atoms with van der Waals surface area (Å²) in [5.41, 5.74) is 0.872. The molecule has 0 spiro atoms. The van der Waals surface area contributed by atoms with Gasteiger partial charge in [0.1, 0.15) is 5.75 Å². The number of carbonyl (C=O) groups excluding carboxylic acids is 1. The highest BCUT2D eigenvalue weighted by Gasteiger charge is 2.25. The second kappa shape index (κ2) is 7.06. The molecule has 1 aliphatic rings. The summed E-state index contributed by atoms with van der Waals surface area (Å²) in [7, 11) is 1.62. The predicted octanol–water partition coefficient (Wildman–Crippen LogP) is 2.54. The maximum absolute atomic E-state index is 12.3. The first-order valence-corrected chi connectivity index (χ1v) is 8.45. The van der Waals surface area contributed by atoms with Crippen LogP contribution in [0, 0.1) is 5.92 Å². The number of nitrogens with zero attached hydrogens (tertiary/aromatic N) is 2. The first-order valence-electron chi connectivity index (χ1n) is 7.68. The van der Waals surface area contributed by atoms with E-state index in [0.29, 0.717) is 17.0 Å². The highest BCUT2D eigenvalue weighted by Crippen LogP contribution is 2.25. The third kappa shape index (κ3) is 3.86. The van der Waals surface area contributed by atoms with E-state index >= 15 is 0 Å². The van der Waals surface area contributed by atoms with E-state index in [1.807, 2.05) is 24.3 Å². The molecule has 0 radical (unpaired) electrons. The number of methoxy groups -OCH3 is 1. The van der Waals surface area contributed by atoms with Crippen molar-refractivity contribution in [3.05, 3.63) is 24.3 Å². The van der Waals surface area contributed by atoms with Crippen molar-refractivity contribution in [1.82, 2.24) is 14.7 Å². The van der Waals surface area contributed by atoms with Crippen molar-refractivity contribution in [3.8, 4) is 17.1 Å². The molecule has 0 unspecified atom stereocenters. The number of anilines is 1. The number of amides is 1. The van der Waals surface area contributed by atoms with Gasteiger partial charge in [0.15, 0.2) is 5.82 Å². The molecule has 2 atom stereocenters. The highest BCUT2D eigenvalue weighted by molar-refractivity contribution is 7.10. The molecular weight excluding hydrogens is 312 g/mol. The van der Waals surface area contributed by atoms with Crippen molar-refractivity contribution >= 4 is 22.6 Å². The Morgan fingerprint density at radius 1 is 1.48 bits per heavy atom. The Morgan fingerprint density at radius 2 is 2.35 bits per heavy atom. The van der Waals surface area contributed by atoms with Crippen molar-refractivity contribution < 1.29 is 9.53 Å². The van der Waals surface area contributed by atoms with Crippen LogP contribution >= 0.6 is 11.5 Å². The number of benzene rings is 1. The fourth-order valence-electron chi connectivity index (χ4n) is 2.73. The molecular formula is C16H20N4O2S. The molecule has 2 aromatic rings. The van der Waals surface area contributed by atoms with Crippen LogP contribution in [-0.4, -0.2) is 35.0 Å². The van der Waals surface area contributed by atoms with Gasteiger partial charge in [-0.2, -0.15) is 9.36 Å². The van der Waals surface area contributed by atoms with E-state index in [4.69, 9.17) is 4.74 Å². The quantitative estimate of drug-likeness (QED) is 0.900. The third-order valence-electron chi connectivity index (χ3n) is 3.98. The number of hydrogen-bond acceptors (Lipinski definition) is 6. The van der Waals surface area contributed by atoms with Gasteiger partial charge in [0.05, 0.1) is 7.11 Å². The summed E-state index contributed by atoms with van der Waals surface area (Å²) in [5, 5.41) is 6.79. The molecule has 3 rings (SSSR count). The SMILES string of the molecule is COc1cccc(-c2nsc(NC(=O)[C@H]3CCN[C@@H](C)C3)n2)c1. The Bertz CT molecular complexity index is 688. The van der Waals surface area contributed by atoms with Crippen molar-refractivity contribution in [2.45, 2.75) is 25.8 Å². The topological polar surface area (TPSA) is 76.1 Å². The summed E-state index contributed by atoms with van der Waals surface area (Å²) in [4.78, 5) is 16.8. The van der Waals surface area contributed by atoms with Gasteiger partial charge < -0.3 is 15.4 Å². The molecule has 2 heterocycles. The molecule has 1 aromatic heterocycles. The summed E-state index contributed by atoms with van der Waals surface area (Å²) in [5.74, 6) is 1.43. The summed E-state index contributed by atoms with van der Waals surface area (Å²) in [6.07, 6.45) is 1.71. The lowest BCUT2D eigenvalue weighted by atomic mass is 9.92. The maximum atomic E-state index is 12.3. The average molecular weight is 332 g/mol. The van der Waals surface area contributed by atoms with E-state index in [2.05, 4.69) is 26.9 Å². The largest absolute Gasteiger partial charge is 0.497 e. The Kier molecular flexibility index (Phi) is 4.88. The van der Waals surface area contributed by atoms with Crippen LogP contribution in [0.25, 0.3) is 11.4 Å². The van der Waals surface area contributed by atoms with E-state index in [9.17, 15) is 4.79 Å². The monoisotopic (exact) mass is 332 g/mol. The zero-order valence-electron chi connectivity index (χ0n) is 13.2. The number of aromatic nitrogens is 2. The molecule has 1 amide bonds. The molecule has 6 nitrogen and oxygen atoms in total. The van der Waals surface area contributed by atoms with Crippen LogP contribution in [0.15, 0.2) is 24.3 Å². The first kappa shape index (κ1) is 15.9. The van der Waals surface area contributed by atoms with E-state index in [1.54, 1.807) is 7.11 Å². The summed E-state index contributed by atoms with van der Waals surface area (Å²) < 4.78 is 9.53. The number of nitrogens with one attached hydrogen (secondary N) is 2. The fourth-order valence-corrected chi connectivity index (χ4v) is 3.32. The van der Waals surface area contributed by atoms with E-state index in [1.165, 1.54) is 11.5 Å². The van der Waals surface area contributed by atoms with Crippen molar-refractivity contribution in [2.24, 2.45) is 5.92 Å². The molecule has 0 saturated carbocycles. The lowest BCUT2D eigenvalue weighted by Crippen LogP contribution is -2.40. The molecule has 1 aromatic carbocycles. The summed E-state index contributed by atoms with van der Waals surface area (Å²) in [6, 6.07) is 7.94. The molecule has 1 aliphatic heterocycles. The Hall–Kier alpha value is -1.99. The standard InChI is InChI=1S/C16H20N4O2S/c1-10-8-12(6-7-17-10)15(21)19-16-18-14(20-23-16)11-4-3-5-13(9-11)22-2/h3-5,9-10,12,17H,6-8H2,1-2H3,(H,18,19,20,21)/t10-,12-/m0/s1. The predicted molar refractivity (Wildman–Crippen MR) is 90.7 cm³/mol. The van der Waals surface area contributed by atoms with Crippen LogP contribution in [0.1, 0.15) is 19.8 Å². The molecule has 2 N–H and O–H groups in total. The summed E-state index contributed by atoms with van der Waals surface area (Å²) >= 11 is 1.20. The third-order valence-corrected chi connectivity index (χ3v) is 4.61. The Labute approximate surface area is 139 Å². The molecule has 1 saturated heterocycles. The molecule has 0 aliphatic carbocycles. The lowest BCUT2D eigenvalue weighted by molar-refractivity contribution is -0.120. The Balaban J connectivity index is 1.68. The average Bonchev–Trinajstić information content (AvgIpc) is 3.03. The van der Waals surface area contributed by atoms with Crippen molar-refractivity contribution in [2.75, 3.05) is 19.0 Å². The van der Waals surface area contributed by atoms with Gasteiger partial charge in [-0.1, -0.05) is 12.1 Å². The zero-order valence-corrected chi connectivity index (χ0v) is 14.0. The number of piperidine rings is 1. The second-order valence-electron chi connectivity index (χ2n) is 5.72. The van der Waals surface area contributed by atoms with Gasteiger partial charge in [0, 0.05) is 29.1 Å². The molecule has 1 fully saturated rings. The van der Waals surface area contributed by atoms with Crippen LogP contribution in [0.5, 0.6) is 5.75 Å². The van der Waals surface area contributed by atoms with Crippen LogP contribution in [0.3, 0.4) is 0 Å². The Morgan fingerprint density at radius 3 is 3.13 bits per heavy atom.